The van der Waals surface area contributed by atoms with Crippen LogP contribution in [0.15, 0.2) is 55.0 Å². The highest BCUT2D eigenvalue weighted by Gasteiger charge is 2.35. The van der Waals surface area contributed by atoms with Crippen LogP contribution in [0, 0.1) is 46.5 Å². The Labute approximate surface area is 315 Å². The lowest BCUT2D eigenvalue weighted by molar-refractivity contribution is -0.155. The molecule has 23 heteroatoms. The molecule has 0 saturated carbocycles. The number of halogens is 14. The lowest BCUT2D eigenvalue weighted by atomic mass is 10.1. The van der Waals surface area contributed by atoms with Gasteiger partial charge >= 0.3 is 12.4 Å². The van der Waals surface area contributed by atoms with Gasteiger partial charge in [0.1, 0.15) is 5.69 Å². The third-order valence-corrected chi connectivity index (χ3v) is 8.07. The van der Waals surface area contributed by atoms with Crippen molar-refractivity contribution in [2.75, 3.05) is 25.2 Å². The first-order valence-corrected chi connectivity index (χ1v) is 15.9. The van der Waals surface area contributed by atoms with Crippen molar-refractivity contribution >= 4 is 22.4 Å². The molecule has 0 atom stereocenters. The van der Waals surface area contributed by atoms with Gasteiger partial charge < -0.3 is 19.1 Å². The topological polar surface area (TPSA) is 87.4 Å². The average molecular weight is 839 g/mol. The molecular weight excluding hydrogens is 818 g/mol. The molecule has 306 valence electrons. The third-order valence-electron chi connectivity index (χ3n) is 8.07. The SMILES string of the molecule is COc1cnc(-c2nn(Cc3c(F)c(F)c(OCC(F)(F)F)c(F)c3F)c3ccccc23)nc1N(Cc1c(F)c(F)c(OCC(F)(F)F)c(F)c1F)c1ccncc1. The van der Waals surface area contributed by atoms with Crippen LogP contribution in [0.4, 0.5) is 73.0 Å². The number of hydrogen-bond donors (Lipinski definition) is 0. The van der Waals surface area contributed by atoms with Gasteiger partial charge in [-0.3, -0.25) is 9.67 Å². The number of anilines is 2. The van der Waals surface area contributed by atoms with E-state index in [-0.39, 0.29) is 39.7 Å². The number of rotatable bonds is 12. The Morgan fingerprint density at radius 3 is 1.71 bits per heavy atom. The number of fused-ring (bicyclic) bond motifs is 1. The zero-order valence-electron chi connectivity index (χ0n) is 28.7. The predicted molar refractivity (Wildman–Crippen MR) is 172 cm³/mol. The van der Waals surface area contributed by atoms with Gasteiger partial charge in [0, 0.05) is 29.0 Å². The van der Waals surface area contributed by atoms with Crippen molar-refractivity contribution in [2.45, 2.75) is 25.4 Å². The van der Waals surface area contributed by atoms with E-state index in [2.05, 4.69) is 29.5 Å². The minimum absolute atomic E-state index is 0.0111. The quantitative estimate of drug-likeness (QED) is 0.0891. The van der Waals surface area contributed by atoms with Gasteiger partial charge in [0.2, 0.25) is 23.3 Å². The summed E-state index contributed by atoms with van der Waals surface area (Å²) in [6.45, 7) is -6.75. The van der Waals surface area contributed by atoms with Crippen LogP contribution in [0.5, 0.6) is 17.2 Å². The molecule has 0 aliphatic heterocycles. The zero-order valence-corrected chi connectivity index (χ0v) is 28.7. The second kappa shape index (κ2) is 15.8. The minimum atomic E-state index is -5.13. The van der Waals surface area contributed by atoms with Crippen LogP contribution in [0.2, 0.25) is 0 Å². The number of pyridine rings is 1. The van der Waals surface area contributed by atoms with Gasteiger partial charge in [0.25, 0.3) is 0 Å². The maximum absolute atomic E-state index is 15.4. The third kappa shape index (κ3) is 8.18. The standard InChI is InChI=1S/C35H20F14N6O3/c1-56-20-10-51-32(29-16-4-2-3-5-19(16)55(53-29)12-18-23(38)27(42)31(28(43)24(18)39)58-14-35(47,48)49)52-33(20)54(15-6-8-50-9-7-15)11-17-21(36)25(40)30(26(41)22(17)37)57-13-34(44,45)46/h2-10H,11-14H2,1H3. The monoisotopic (exact) mass is 838 g/mol. The fourth-order valence-electron chi connectivity index (χ4n) is 5.50. The number of nitrogens with zero attached hydrogens (tertiary/aromatic N) is 6. The molecule has 9 nitrogen and oxygen atoms in total. The van der Waals surface area contributed by atoms with Crippen molar-refractivity contribution in [3.05, 3.63) is 113 Å². The lowest BCUT2D eigenvalue weighted by Gasteiger charge is -2.26. The number of para-hydroxylation sites is 1. The Bertz CT molecular complexity index is 2440. The molecule has 3 aromatic heterocycles. The lowest BCUT2D eigenvalue weighted by Crippen LogP contribution is -2.23. The van der Waals surface area contributed by atoms with Gasteiger partial charge in [-0.05, 0) is 18.2 Å². The Hall–Kier alpha value is -6.42. The van der Waals surface area contributed by atoms with Crippen molar-refractivity contribution < 1.29 is 75.7 Å². The smallest absolute Gasteiger partial charge is 0.422 e. The molecule has 0 aliphatic rings. The van der Waals surface area contributed by atoms with Crippen LogP contribution in [0.1, 0.15) is 11.1 Å². The number of benzene rings is 3. The predicted octanol–water partition coefficient (Wildman–Crippen LogP) is 9.28. The number of ether oxygens (including phenoxy) is 3. The van der Waals surface area contributed by atoms with E-state index in [1.807, 2.05) is 0 Å². The first-order valence-electron chi connectivity index (χ1n) is 15.9. The van der Waals surface area contributed by atoms with Gasteiger partial charge in [0.05, 0.1) is 37.5 Å². The van der Waals surface area contributed by atoms with Gasteiger partial charge in [-0.2, -0.15) is 49.0 Å². The number of methoxy groups -OCH3 is 1. The van der Waals surface area contributed by atoms with Crippen LogP contribution in [-0.4, -0.2) is 57.4 Å². The second-order valence-corrected chi connectivity index (χ2v) is 11.8. The summed E-state index contributed by atoms with van der Waals surface area (Å²) < 4.78 is 211. The highest BCUT2D eigenvalue weighted by molar-refractivity contribution is 5.92. The van der Waals surface area contributed by atoms with Gasteiger partial charge in [-0.1, -0.05) is 18.2 Å². The Kier molecular flexibility index (Phi) is 11.3. The molecule has 6 aromatic rings. The fourth-order valence-corrected chi connectivity index (χ4v) is 5.50. The molecule has 0 saturated heterocycles. The molecule has 0 radical (unpaired) electrons. The van der Waals surface area contributed by atoms with Crippen molar-refractivity contribution in [3.8, 4) is 28.8 Å². The molecular formula is C35H20F14N6O3. The van der Waals surface area contributed by atoms with E-state index in [9.17, 15) is 43.9 Å². The molecule has 3 heterocycles. The van der Waals surface area contributed by atoms with Crippen molar-refractivity contribution in [1.82, 2.24) is 24.7 Å². The first kappa shape index (κ1) is 41.2. The van der Waals surface area contributed by atoms with E-state index in [1.165, 1.54) is 48.8 Å². The van der Waals surface area contributed by atoms with Crippen LogP contribution < -0.4 is 19.1 Å². The molecule has 6 rings (SSSR count). The number of hydrogen-bond acceptors (Lipinski definition) is 8. The summed E-state index contributed by atoms with van der Waals surface area (Å²) in [5, 5.41) is 4.37. The maximum Gasteiger partial charge on any atom is 0.422 e. The molecule has 0 amide bonds. The van der Waals surface area contributed by atoms with E-state index in [4.69, 9.17) is 4.74 Å². The largest absolute Gasteiger partial charge is 0.491 e. The van der Waals surface area contributed by atoms with E-state index in [0.29, 0.717) is 0 Å². The van der Waals surface area contributed by atoms with Gasteiger partial charge in [0.15, 0.2) is 65.4 Å². The van der Waals surface area contributed by atoms with Crippen molar-refractivity contribution in [3.63, 3.8) is 0 Å². The van der Waals surface area contributed by atoms with Crippen LogP contribution in [-0.2, 0) is 13.1 Å². The second-order valence-electron chi connectivity index (χ2n) is 11.8. The maximum atomic E-state index is 15.4. The summed E-state index contributed by atoms with van der Waals surface area (Å²) in [4.78, 5) is 13.3. The summed E-state index contributed by atoms with van der Waals surface area (Å²) in [5.74, 6) is -22.4. The van der Waals surface area contributed by atoms with Crippen LogP contribution in [0.3, 0.4) is 0 Å². The Morgan fingerprint density at radius 1 is 0.672 bits per heavy atom. The Balaban J connectivity index is 1.45. The zero-order chi connectivity index (χ0) is 42.3. The molecule has 0 bridgehead atoms. The molecule has 0 N–H and O–H groups in total. The van der Waals surface area contributed by atoms with Crippen LogP contribution in [0.25, 0.3) is 22.4 Å². The summed E-state index contributed by atoms with van der Waals surface area (Å²) in [6.07, 6.45) is -6.82. The molecule has 58 heavy (non-hydrogen) atoms. The average Bonchev–Trinajstić information content (AvgIpc) is 3.55. The van der Waals surface area contributed by atoms with Crippen molar-refractivity contribution in [1.29, 1.82) is 0 Å². The van der Waals surface area contributed by atoms with E-state index < -0.39 is 108 Å². The molecule has 0 fully saturated rings. The molecule has 3 aromatic carbocycles. The summed E-state index contributed by atoms with van der Waals surface area (Å²) >= 11 is 0. The van der Waals surface area contributed by atoms with E-state index in [0.717, 1.165) is 22.9 Å². The van der Waals surface area contributed by atoms with Gasteiger partial charge in [-0.15, -0.1) is 0 Å². The number of aromatic nitrogens is 5. The van der Waals surface area contributed by atoms with Gasteiger partial charge in [-0.25, -0.2) is 27.5 Å². The molecule has 0 spiro atoms. The highest BCUT2D eigenvalue weighted by atomic mass is 19.4. The minimum Gasteiger partial charge on any atom is -0.491 e. The first-order chi connectivity index (χ1) is 27.3. The summed E-state index contributed by atoms with van der Waals surface area (Å²) in [5.41, 5.74) is -2.84. The van der Waals surface area contributed by atoms with Crippen LogP contribution >= 0.6 is 0 Å². The molecule has 0 aliphatic carbocycles. The normalized spacial score (nSPS) is 12.0. The number of alkyl halides is 6. The Morgan fingerprint density at radius 2 is 1.19 bits per heavy atom. The van der Waals surface area contributed by atoms with E-state index >= 15 is 17.6 Å². The van der Waals surface area contributed by atoms with Crippen molar-refractivity contribution in [2.24, 2.45) is 0 Å². The summed E-state index contributed by atoms with van der Waals surface area (Å²) in [6, 6.07) is 8.17. The highest BCUT2D eigenvalue weighted by Crippen LogP contribution is 2.39. The van der Waals surface area contributed by atoms with E-state index in [1.54, 1.807) is 0 Å². The fraction of sp³-hybridized carbons (Fsp3) is 0.200. The molecule has 0 unspecified atom stereocenters. The summed E-state index contributed by atoms with van der Waals surface area (Å²) in [7, 11) is 1.12.